The summed E-state index contributed by atoms with van der Waals surface area (Å²) in [4.78, 5) is 40.2. The average molecular weight is 472 g/mol. The van der Waals surface area contributed by atoms with Crippen LogP contribution < -0.4 is 144 Å². The van der Waals surface area contributed by atoms with Crippen molar-refractivity contribution in [1.29, 1.82) is 0 Å². The van der Waals surface area contributed by atoms with E-state index in [1.54, 1.807) is 6.20 Å². The first-order valence-electron chi connectivity index (χ1n) is 7.42. The summed E-state index contributed by atoms with van der Waals surface area (Å²) in [7, 11) is 0. The number of carbonyl (C=O) groups is 4. The van der Waals surface area contributed by atoms with Gasteiger partial charge in [0.1, 0.15) is 0 Å². The number of hydrogen-bond acceptors (Lipinski definition) is 9. The fraction of sp³-hybridized carbons (Fsp3) is 0.294. The number of fused-ring (bicyclic) bond motifs is 1. The molecule has 0 amide bonds. The van der Waals surface area contributed by atoms with Crippen LogP contribution in [-0.2, 0) is 25.6 Å². The number of nitrogens with two attached hydrogens (primary N) is 1. The zero-order valence-corrected chi connectivity index (χ0v) is 27.0. The third-order valence-corrected chi connectivity index (χ3v) is 2.42. The number of aliphatic carboxylic acids is 4. The number of para-hydroxylation sites is 1. The van der Waals surface area contributed by atoms with Gasteiger partial charge in [-0.25, -0.2) is 0 Å². The normalized spacial score (nSPS) is 8.65. The Labute approximate surface area is 268 Å². The van der Waals surface area contributed by atoms with Gasteiger partial charge in [0.25, 0.3) is 0 Å². The molecule has 0 saturated carbocycles. The van der Waals surface area contributed by atoms with E-state index < -0.39 is 29.9 Å². The summed E-state index contributed by atoms with van der Waals surface area (Å²) in [6, 6.07) is 6.74. The predicted molar refractivity (Wildman–Crippen MR) is 87.0 cm³/mol. The third kappa shape index (κ3) is 30.6. The van der Waals surface area contributed by atoms with Crippen LogP contribution in [0.1, 0.15) is 26.3 Å². The molecule has 0 fully saturated rings. The van der Waals surface area contributed by atoms with Gasteiger partial charge in [-0.3, -0.25) is 0 Å². The fourth-order valence-electron chi connectivity index (χ4n) is 1.62. The molecule has 0 saturated heterocycles. The average Bonchev–Trinajstić information content (AvgIpc) is 2.89. The van der Waals surface area contributed by atoms with Crippen LogP contribution in [0, 0.1) is 0 Å². The molecule has 0 aliphatic rings. The molecule has 0 bridgehead atoms. The van der Waals surface area contributed by atoms with Crippen molar-refractivity contribution in [1.82, 2.24) is 4.98 Å². The van der Waals surface area contributed by atoms with Crippen molar-refractivity contribution in [2.75, 3.05) is 0 Å². The van der Waals surface area contributed by atoms with Crippen molar-refractivity contribution < 1.29 is 158 Å². The summed E-state index contributed by atoms with van der Waals surface area (Å²) in [6.45, 7) is 2.92. The van der Waals surface area contributed by atoms with Crippen LogP contribution in [0.25, 0.3) is 10.9 Å². The van der Waals surface area contributed by atoms with Crippen molar-refractivity contribution in [3.8, 4) is 0 Å². The van der Waals surface area contributed by atoms with E-state index in [1.807, 2.05) is 24.3 Å². The van der Waals surface area contributed by atoms with Crippen LogP contribution in [0.3, 0.4) is 0 Å². The van der Waals surface area contributed by atoms with E-state index in [1.165, 1.54) is 0 Å². The zero-order chi connectivity index (χ0) is 21.6. The Bertz CT molecular complexity index is 731. The number of carbonyl (C=O) groups excluding carboxylic acids is 4. The molecule has 0 radical (unpaired) electrons. The maximum absolute atomic E-state index is 10.5. The predicted octanol–water partition coefficient (Wildman–Crippen LogP) is -15.9. The van der Waals surface area contributed by atoms with Gasteiger partial charge in [0.05, 0.1) is 5.97 Å². The Balaban J connectivity index is -0.0000000833. The van der Waals surface area contributed by atoms with Gasteiger partial charge in [-0.05, 0) is 38.8 Å². The van der Waals surface area contributed by atoms with Gasteiger partial charge in [0.15, 0.2) is 0 Å². The van der Waals surface area contributed by atoms with E-state index in [0.29, 0.717) is 0 Å². The molecule has 0 unspecified atom stereocenters. The Hall–Kier alpha value is 0.600. The smallest absolute Gasteiger partial charge is 0.550 e. The van der Waals surface area contributed by atoms with Gasteiger partial charge in [0.2, 0.25) is 0 Å². The molecule has 2 rings (SSSR count). The molecule has 150 valence electrons. The van der Waals surface area contributed by atoms with E-state index in [0.717, 1.165) is 37.2 Å². The number of H-pyrrole nitrogens is 1. The van der Waals surface area contributed by atoms with Crippen LogP contribution in [0.4, 0.5) is 0 Å². The Morgan fingerprint density at radius 1 is 0.839 bits per heavy atom. The molecule has 14 heteroatoms. The standard InChI is InChI=1S/C11H12N2O2.3C2H4O2.4Na/c12-9(11(14)15)5-7-6-13-10-4-2-1-3-8(7)10;3*1-2(3)4;;;;/h1-4,6,9,13H,5,12H2,(H,14,15);3*1H3,(H,3,4);;;;/q;;;;4*+1/p-4/t9-;;;;;;;/m0......./s1. The number of carboxylic acid groups (broad SMARTS) is 4. The van der Waals surface area contributed by atoms with Crippen molar-refractivity contribution >= 4 is 34.8 Å². The van der Waals surface area contributed by atoms with Crippen LogP contribution in [0.15, 0.2) is 30.5 Å². The second kappa shape index (κ2) is 26.8. The summed E-state index contributed by atoms with van der Waals surface area (Å²) in [5.74, 6) is -4.47. The second-order valence-electron chi connectivity index (χ2n) is 4.96. The third-order valence-electron chi connectivity index (χ3n) is 2.42. The number of benzene rings is 1. The van der Waals surface area contributed by atoms with Gasteiger partial charge >= 0.3 is 118 Å². The van der Waals surface area contributed by atoms with E-state index in [9.17, 15) is 9.90 Å². The molecular weight excluding hydrogens is 452 g/mol. The number of aromatic nitrogens is 1. The minimum atomic E-state index is -1.22. The van der Waals surface area contributed by atoms with Gasteiger partial charge in [-0.15, -0.1) is 0 Å². The molecule has 31 heavy (non-hydrogen) atoms. The van der Waals surface area contributed by atoms with Crippen LogP contribution in [0.2, 0.25) is 0 Å². The molecular formula is C17H20N2Na4O8. The Kier molecular flexibility index (Phi) is 39.1. The zero-order valence-electron chi connectivity index (χ0n) is 19.0. The van der Waals surface area contributed by atoms with E-state index in [4.69, 9.17) is 35.4 Å². The quantitative estimate of drug-likeness (QED) is 0.407. The maximum Gasteiger partial charge on any atom is 1.00 e. The summed E-state index contributed by atoms with van der Waals surface area (Å²) >= 11 is 0. The number of aromatic amines is 1. The molecule has 3 N–H and O–H groups in total. The van der Waals surface area contributed by atoms with Crippen LogP contribution in [-0.4, -0.2) is 34.9 Å². The molecule has 0 spiro atoms. The first-order valence-corrected chi connectivity index (χ1v) is 7.42. The first-order chi connectivity index (χ1) is 12.4. The summed E-state index contributed by atoms with van der Waals surface area (Å²) in [6.07, 6.45) is 2.07. The number of rotatable bonds is 3. The molecule has 1 atom stereocenters. The van der Waals surface area contributed by atoms with E-state index in [2.05, 4.69) is 4.98 Å². The van der Waals surface area contributed by atoms with E-state index in [-0.39, 0.29) is 125 Å². The van der Waals surface area contributed by atoms with Crippen molar-refractivity contribution in [3.63, 3.8) is 0 Å². The molecule has 1 aromatic carbocycles. The topological polar surface area (TPSA) is 202 Å². The monoisotopic (exact) mass is 472 g/mol. The molecule has 0 aliphatic heterocycles. The summed E-state index contributed by atoms with van der Waals surface area (Å²) in [5.41, 5.74) is 7.31. The van der Waals surface area contributed by atoms with Crippen molar-refractivity contribution in [2.45, 2.75) is 33.2 Å². The molecule has 10 nitrogen and oxygen atoms in total. The maximum atomic E-state index is 10.5. The first kappa shape index (κ1) is 45.1. The Morgan fingerprint density at radius 3 is 1.55 bits per heavy atom. The second-order valence-corrected chi connectivity index (χ2v) is 4.96. The SMILES string of the molecule is CC(=O)[O-].CC(=O)[O-].CC(=O)[O-].N[C@@H](Cc1c[nH]c2ccccc12)C(=O)[O-].[Na+].[Na+].[Na+].[Na+]. The van der Waals surface area contributed by atoms with Crippen molar-refractivity contribution in [2.24, 2.45) is 5.73 Å². The van der Waals surface area contributed by atoms with Crippen LogP contribution in [0.5, 0.6) is 0 Å². The number of carboxylic acids is 4. The van der Waals surface area contributed by atoms with Gasteiger partial charge in [-0.1, -0.05) is 18.2 Å². The molecule has 2 aromatic rings. The largest absolute Gasteiger partial charge is 1.00 e. The van der Waals surface area contributed by atoms with Gasteiger partial charge in [0, 0.05) is 41.0 Å². The minimum Gasteiger partial charge on any atom is -0.550 e. The summed E-state index contributed by atoms with van der Waals surface area (Å²) in [5, 5.41) is 38.2. The fourth-order valence-corrected chi connectivity index (χ4v) is 1.62. The summed E-state index contributed by atoms with van der Waals surface area (Å²) < 4.78 is 0. The van der Waals surface area contributed by atoms with Gasteiger partial charge < -0.3 is 50.3 Å². The minimum absolute atomic E-state index is 0. The van der Waals surface area contributed by atoms with E-state index >= 15 is 0 Å². The van der Waals surface area contributed by atoms with Gasteiger partial charge in [-0.2, -0.15) is 0 Å². The van der Waals surface area contributed by atoms with Crippen LogP contribution >= 0.6 is 0 Å². The number of nitrogens with one attached hydrogen (secondary N) is 1. The molecule has 0 aliphatic carbocycles. The molecule has 1 aromatic heterocycles. The number of hydrogen-bond donors (Lipinski definition) is 2. The Morgan fingerprint density at radius 2 is 1.19 bits per heavy atom. The molecule has 1 heterocycles. The van der Waals surface area contributed by atoms with Crippen molar-refractivity contribution in [3.05, 3.63) is 36.0 Å².